The predicted molar refractivity (Wildman–Crippen MR) is 114 cm³/mol. The lowest BCUT2D eigenvalue weighted by atomic mass is 10.2. The quantitative estimate of drug-likeness (QED) is 0.394. The second-order valence-corrected chi connectivity index (χ2v) is 6.82. The van der Waals surface area contributed by atoms with Crippen LogP contribution in [0.2, 0.25) is 10.0 Å². The number of aromatic nitrogens is 1. The van der Waals surface area contributed by atoms with Crippen LogP contribution in [-0.4, -0.2) is 10.9 Å². The second kappa shape index (κ2) is 7.89. The zero-order chi connectivity index (χ0) is 19.5. The van der Waals surface area contributed by atoms with E-state index < -0.39 is 0 Å². The van der Waals surface area contributed by atoms with Crippen molar-refractivity contribution in [3.05, 3.63) is 88.4 Å². The molecule has 0 bridgehead atoms. The molecule has 0 aliphatic carbocycles. The molecule has 3 aromatic carbocycles. The van der Waals surface area contributed by atoms with E-state index in [0.717, 1.165) is 5.56 Å². The Morgan fingerprint density at radius 2 is 1.82 bits per heavy atom. The topological polar surface area (TPSA) is 55.1 Å². The summed E-state index contributed by atoms with van der Waals surface area (Å²) >= 11 is 12.3. The van der Waals surface area contributed by atoms with Gasteiger partial charge in [0.25, 0.3) is 0 Å². The summed E-state index contributed by atoms with van der Waals surface area (Å²) in [6, 6.07) is 20.1. The van der Waals surface area contributed by atoms with Gasteiger partial charge in [0.05, 0.1) is 15.6 Å². The lowest BCUT2D eigenvalue weighted by Crippen LogP contribution is -2.07. The molecule has 4 nitrogen and oxygen atoms in total. The van der Waals surface area contributed by atoms with Gasteiger partial charge in [0.15, 0.2) is 5.58 Å². The van der Waals surface area contributed by atoms with E-state index >= 15 is 0 Å². The van der Waals surface area contributed by atoms with Crippen LogP contribution in [0, 0.1) is 0 Å². The van der Waals surface area contributed by atoms with Gasteiger partial charge in [0.1, 0.15) is 5.52 Å². The average molecular weight is 409 g/mol. The predicted octanol–water partition coefficient (Wildman–Crippen LogP) is 6.45. The van der Waals surface area contributed by atoms with Crippen molar-refractivity contribution in [2.45, 2.75) is 0 Å². The number of rotatable bonds is 4. The Labute approximate surface area is 171 Å². The molecular weight excluding hydrogens is 395 g/mol. The third-order valence-electron chi connectivity index (χ3n) is 4.06. The number of hydrogen-bond acceptors (Lipinski definition) is 3. The smallest absolute Gasteiger partial charge is 0.248 e. The highest BCUT2D eigenvalue weighted by molar-refractivity contribution is 6.43. The molecule has 0 unspecified atom stereocenters. The van der Waals surface area contributed by atoms with Crippen LogP contribution >= 0.6 is 23.2 Å². The van der Waals surface area contributed by atoms with E-state index in [1.54, 1.807) is 42.5 Å². The van der Waals surface area contributed by atoms with Crippen LogP contribution in [-0.2, 0) is 4.79 Å². The molecule has 1 aromatic heterocycles. The summed E-state index contributed by atoms with van der Waals surface area (Å²) in [6.45, 7) is 0. The highest BCUT2D eigenvalue weighted by Gasteiger charge is 2.14. The number of nitrogens with zero attached hydrogens (tertiary/aromatic N) is 1. The minimum absolute atomic E-state index is 0.232. The van der Waals surface area contributed by atoms with Crippen molar-refractivity contribution in [2.24, 2.45) is 0 Å². The Bertz CT molecular complexity index is 1180. The van der Waals surface area contributed by atoms with Gasteiger partial charge in [-0.05, 0) is 42.0 Å². The summed E-state index contributed by atoms with van der Waals surface area (Å²) in [5.74, 6) is 0.139. The zero-order valence-electron chi connectivity index (χ0n) is 14.5. The molecule has 0 fully saturated rings. The molecule has 0 aliphatic rings. The Balaban J connectivity index is 1.56. The molecule has 0 aliphatic heterocycles. The first-order valence-corrected chi connectivity index (χ1v) is 9.25. The molecule has 0 saturated carbocycles. The molecule has 0 radical (unpaired) electrons. The van der Waals surface area contributed by atoms with Crippen molar-refractivity contribution in [3.8, 4) is 11.5 Å². The average Bonchev–Trinajstić information content (AvgIpc) is 3.12. The van der Waals surface area contributed by atoms with Crippen LogP contribution in [0.5, 0.6) is 0 Å². The van der Waals surface area contributed by atoms with Crippen LogP contribution in [0.25, 0.3) is 28.6 Å². The number of nitrogens with one attached hydrogen (secondary N) is 1. The maximum atomic E-state index is 12.2. The Hall–Kier alpha value is -3.08. The van der Waals surface area contributed by atoms with Crippen LogP contribution in [0.15, 0.2) is 77.2 Å². The van der Waals surface area contributed by atoms with Gasteiger partial charge in [0, 0.05) is 11.8 Å². The molecule has 0 saturated heterocycles. The molecule has 0 atom stereocenters. The summed E-state index contributed by atoms with van der Waals surface area (Å²) in [4.78, 5) is 16.6. The van der Waals surface area contributed by atoms with Crippen LogP contribution in [0.4, 0.5) is 5.69 Å². The molecular formula is C22H14Cl2N2O2. The maximum absolute atomic E-state index is 12.2. The number of benzene rings is 3. The fraction of sp³-hybridized carbons (Fsp3) is 0. The van der Waals surface area contributed by atoms with Gasteiger partial charge in [0.2, 0.25) is 11.8 Å². The number of oxazole rings is 1. The summed E-state index contributed by atoms with van der Waals surface area (Å²) in [6.07, 6.45) is 3.24. The highest BCUT2D eigenvalue weighted by atomic mass is 35.5. The Kier molecular flexibility index (Phi) is 5.15. The Morgan fingerprint density at radius 1 is 1.00 bits per heavy atom. The van der Waals surface area contributed by atoms with E-state index in [4.69, 9.17) is 27.6 Å². The van der Waals surface area contributed by atoms with Crippen molar-refractivity contribution in [2.75, 3.05) is 5.32 Å². The van der Waals surface area contributed by atoms with Crippen LogP contribution in [0.1, 0.15) is 5.56 Å². The molecule has 1 heterocycles. The summed E-state index contributed by atoms with van der Waals surface area (Å²) in [5.41, 5.74) is 3.38. The lowest BCUT2D eigenvalue weighted by Gasteiger charge is -2.01. The fourth-order valence-corrected chi connectivity index (χ4v) is 3.09. The number of amides is 1. The minimum Gasteiger partial charge on any atom is -0.436 e. The minimum atomic E-state index is -0.232. The molecule has 0 spiro atoms. The SMILES string of the molecule is O=C(/C=C\c1ccccc1)Nc1ccc2oc(-c3cccc(Cl)c3Cl)nc2c1. The summed E-state index contributed by atoms with van der Waals surface area (Å²) in [7, 11) is 0. The zero-order valence-corrected chi connectivity index (χ0v) is 16.0. The number of hydrogen-bond donors (Lipinski definition) is 1. The van der Waals surface area contributed by atoms with E-state index in [2.05, 4.69) is 10.3 Å². The normalized spacial score (nSPS) is 11.2. The van der Waals surface area contributed by atoms with Gasteiger partial charge in [-0.15, -0.1) is 0 Å². The number of fused-ring (bicyclic) bond motifs is 1. The van der Waals surface area contributed by atoms with Gasteiger partial charge in [-0.3, -0.25) is 4.79 Å². The fourth-order valence-electron chi connectivity index (χ4n) is 2.71. The first kappa shape index (κ1) is 18.3. The first-order chi connectivity index (χ1) is 13.6. The van der Waals surface area contributed by atoms with E-state index in [1.165, 1.54) is 6.08 Å². The molecule has 1 N–H and O–H groups in total. The van der Waals surface area contributed by atoms with Crippen molar-refractivity contribution < 1.29 is 9.21 Å². The van der Waals surface area contributed by atoms with E-state index in [0.29, 0.717) is 38.3 Å². The van der Waals surface area contributed by atoms with Gasteiger partial charge in [-0.1, -0.05) is 59.6 Å². The van der Waals surface area contributed by atoms with Gasteiger partial charge in [-0.2, -0.15) is 0 Å². The number of halogens is 2. The standard InChI is InChI=1S/C22H14Cl2N2O2/c23-17-8-4-7-16(21(17)24)22-26-18-13-15(10-11-19(18)28-22)25-20(27)12-9-14-5-2-1-3-6-14/h1-13H,(H,25,27)/b12-9-. The third-order valence-corrected chi connectivity index (χ3v) is 4.88. The number of carbonyl (C=O) groups excluding carboxylic acids is 1. The Morgan fingerprint density at radius 3 is 2.64 bits per heavy atom. The summed E-state index contributed by atoms with van der Waals surface area (Å²) < 4.78 is 5.77. The third kappa shape index (κ3) is 3.93. The first-order valence-electron chi connectivity index (χ1n) is 8.49. The van der Waals surface area contributed by atoms with Crippen molar-refractivity contribution in [3.63, 3.8) is 0 Å². The number of anilines is 1. The van der Waals surface area contributed by atoms with Crippen molar-refractivity contribution in [1.82, 2.24) is 4.98 Å². The van der Waals surface area contributed by atoms with Crippen LogP contribution < -0.4 is 5.32 Å². The van der Waals surface area contributed by atoms with Gasteiger partial charge in [-0.25, -0.2) is 4.98 Å². The molecule has 6 heteroatoms. The van der Waals surface area contributed by atoms with E-state index in [-0.39, 0.29) is 5.91 Å². The lowest BCUT2D eigenvalue weighted by molar-refractivity contribution is -0.111. The monoisotopic (exact) mass is 408 g/mol. The van der Waals surface area contributed by atoms with E-state index in [9.17, 15) is 4.79 Å². The van der Waals surface area contributed by atoms with Gasteiger partial charge >= 0.3 is 0 Å². The molecule has 28 heavy (non-hydrogen) atoms. The summed E-state index contributed by atoms with van der Waals surface area (Å²) in [5, 5.41) is 3.63. The molecule has 1 amide bonds. The highest BCUT2D eigenvalue weighted by Crippen LogP contribution is 2.34. The second-order valence-electron chi connectivity index (χ2n) is 6.04. The van der Waals surface area contributed by atoms with Crippen LogP contribution in [0.3, 0.4) is 0 Å². The molecule has 4 aromatic rings. The number of carbonyl (C=O) groups is 1. The van der Waals surface area contributed by atoms with E-state index in [1.807, 2.05) is 30.3 Å². The van der Waals surface area contributed by atoms with Crippen molar-refractivity contribution in [1.29, 1.82) is 0 Å². The largest absolute Gasteiger partial charge is 0.436 e. The molecule has 138 valence electrons. The van der Waals surface area contributed by atoms with Gasteiger partial charge < -0.3 is 9.73 Å². The maximum Gasteiger partial charge on any atom is 0.248 e. The van der Waals surface area contributed by atoms with Crippen molar-refractivity contribution >= 4 is 52.0 Å². The molecule has 4 rings (SSSR count).